The standard InChI is InChI=1S/C22H15ClFN3O3/c1-12-14-5-4-6-15(23)20(14)30-19(12)22(29)27-18-11-13(24)8-9-16(18)26-21(28)17-7-2-3-10-25-17/h2-11H,1H3,(H,26,28)(H,27,29). The van der Waals surface area contributed by atoms with E-state index in [1.807, 2.05) is 0 Å². The topological polar surface area (TPSA) is 84.2 Å². The number of aromatic nitrogens is 1. The molecule has 30 heavy (non-hydrogen) atoms. The first kappa shape index (κ1) is 19.6. The van der Waals surface area contributed by atoms with Gasteiger partial charge in [-0.2, -0.15) is 0 Å². The van der Waals surface area contributed by atoms with Gasteiger partial charge in [0.15, 0.2) is 11.3 Å². The molecule has 2 aromatic heterocycles. The Morgan fingerprint density at radius 2 is 1.80 bits per heavy atom. The maximum absolute atomic E-state index is 13.8. The summed E-state index contributed by atoms with van der Waals surface area (Å²) in [7, 11) is 0. The molecule has 2 amide bonds. The smallest absolute Gasteiger partial charge is 0.291 e. The molecular weight excluding hydrogens is 409 g/mol. The third-order valence-electron chi connectivity index (χ3n) is 4.50. The molecule has 0 fully saturated rings. The Morgan fingerprint density at radius 1 is 1.00 bits per heavy atom. The van der Waals surface area contributed by atoms with Gasteiger partial charge in [-0.05, 0) is 43.3 Å². The number of aryl methyl sites for hydroxylation is 1. The van der Waals surface area contributed by atoms with Crippen LogP contribution in [0.2, 0.25) is 5.02 Å². The number of amides is 2. The molecule has 0 aliphatic carbocycles. The van der Waals surface area contributed by atoms with Gasteiger partial charge in [0.1, 0.15) is 11.5 Å². The van der Waals surface area contributed by atoms with Crippen LogP contribution in [0.15, 0.2) is 65.2 Å². The number of hydrogen-bond donors (Lipinski definition) is 2. The molecule has 2 N–H and O–H groups in total. The summed E-state index contributed by atoms with van der Waals surface area (Å²) < 4.78 is 19.5. The summed E-state index contributed by atoms with van der Waals surface area (Å²) in [5.41, 5.74) is 1.47. The van der Waals surface area contributed by atoms with E-state index in [0.29, 0.717) is 21.6 Å². The number of furan rings is 1. The lowest BCUT2D eigenvalue weighted by atomic mass is 10.1. The molecule has 0 spiro atoms. The lowest BCUT2D eigenvalue weighted by Crippen LogP contribution is -2.17. The van der Waals surface area contributed by atoms with Gasteiger partial charge in [0.25, 0.3) is 11.8 Å². The second-order valence-corrected chi connectivity index (χ2v) is 6.89. The Hall–Kier alpha value is -3.71. The predicted molar refractivity (Wildman–Crippen MR) is 113 cm³/mol. The van der Waals surface area contributed by atoms with Crippen LogP contribution in [-0.4, -0.2) is 16.8 Å². The fraction of sp³-hybridized carbons (Fsp3) is 0.0455. The fourth-order valence-electron chi connectivity index (χ4n) is 3.02. The molecule has 0 aliphatic rings. The summed E-state index contributed by atoms with van der Waals surface area (Å²) >= 11 is 6.14. The van der Waals surface area contributed by atoms with E-state index in [9.17, 15) is 14.0 Å². The van der Waals surface area contributed by atoms with Crippen molar-refractivity contribution in [3.63, 3.8) is 0 Å². The number of pyridine rings is 1. The normalized spacial score (nSPS) is 10.8. The Balaban J connectivity index is 1.64. The van der Waals surface area contributed by atoms with Crippen LogP contribution in [0.3, 0.4) is 0 Å². The first-order chi connectivity index (χ1) is 14.4. The largest absolute Gasteiger partial charge is 0.449 e. The molecule has 0 radical (unpaired) electrons. The molecule has 0 saturated carbocycles. The van der Waals surface area contributed by atoms with Crippen LogP contribution in [0.25, 0.3) is 11.0 Å². The van der Waals surface area contributed by atoms with Crippen molar-refractivity contribution in [1.29, 1.82) is 0 Å². The lowest BCUT2D eigenvalue weighted by molar-refractivity contribution is 0.0993. The summed E-state index contributed by atoms with van der Waals surface area (Å²) in [6.07, 6.45) is 1.48. The minimum absolute atomic E-state index is 0.0457. The van der Waals surface area contributed by atoms with Crippen molar-refractivity contribution in [2.75, 3.05) is 10.6 Å². The van der Waals surface area contributed by atoms with Gasteiger partial charge in [-0.3, -0.25) is 14.6 Å². The molecular formula is C22H15ClFN3O3. The van der Waals surface area contributed by atoms with Gasteiger partial charge < -0.3 is 15.1 Å². The lowest BCUT2D eigenvalue weighted by Gasteiger charge is -2.12. The molecule has 2 heterocycles. The fourth-order valence-corrected chi connectivity index (χ4v) is 3.23. The van der Waals surface area contributed by atoms with E-state index in [4.69, 9.17) is 16.0 Å². The van der Waals surface area contributed by atoms with Crippen LogP contribution in [0.1, 0.15) is 26.6 Å². The SMILES string of the molecule is Cc1c(C(=O)Nc2cc(F)ccc2NC(=O)c2ccccn2)oc2c(Cl)cccc12. The van der Waals surface area contributed by atoms with E-state index in [1.165, 1.54) is 18.3 Å². The Morgan fingerprint density at radius 3 is 2.53 bits per heavy atom. The third kappa shape index (κ3) is 3.75. The Bertz CT molecular complexity index is 1270. The highest BCUT2D eigenvalue weighted by Gasteiger charge is 2.21. The highest BCUT2D eigenvalue weighted by Crippen LogP contribution is 2.32. The third-order valence-corrected chi connectivity index (χ3v) is 4.80. The number of nitrogens with one attached hydrogen (secondary N) is 2. The molecule has 0 aliphatic heterocycles. The van der Waals surface area contributed by atoms with Gasteiger partial charge in [0, 0.05) is 17.1 Å². The molecule has 150 valence electrons. The number of carbonyl (C=O) groups excluding carboxylic acids is 2. The number of para-hydroxylation sites is 1. The number of nitrogens with zero attached hydrogens (tertiary/aromatic N) is 1. The minimum Gasteiger partial charge on any atom is -0.449 e. The molecule has 6 nitrogen and oxygen atoms in total. The van der Waals surface area contributed by atoms with E-state index in [-0.39, 0.29) is 22.8 Å². The Labute approximate surface area is 175 Å². The summed E-state index contributed by atoms with van der Waals surface area (Å²) in [5, 5.41) is 6.30. The number of anilines is 2. The number of fused-ring (bicyclic) bond motifs is 1. The number of halogens is 2. The second kappa shape index (κ2) is 7.96. The minimum atomic E-state index is -0.598. The summed E-state index contributed by atoms with van der Waals surface area (Å²) in [4.78, 5) is 29.2. The molecule has 0 bridgehead atoms. The van der Waals surface area contributed by atoms with E-state index in [0.717, 1.165) is 6.07 Å². The number of rotatable bonds is 4. The van der Waals surface area contributed by atoms with Crippen LogP contribution in [0, 0.1) is 12.7 Å². The average molecular weight is 424 g/mol. The van der Waals surface area contributed by atoms with Crippen LogP contribution in [0.5, 0.6) is 0 Å². The zero-order valence-electron chi connectivity index (χ0n) is 15.7. The number of carbonyl (C=O) groups is 2. The van der Waals surface area contributed by atoms with Gasteiger partial charge in [0.2, 0.25) is 0 Å². The van der Waals surface area contributed by atoms with Crippen molar-refractivity contribution in [3.8, 4) is 0 Å². The van der Waals surface area contributed by atoms with E-state index in [1.54, 1.807) is 43.3 Å². The summed E-state index contributed by atoms with van der Waals surface area (Å²) in [6.45, 7) is 1.73. The highest BCUT2D eigenvalue weighted by molar-refractivity contribution is 6.35. The predicted octanol–water partition coefficient (Wildman–Crippen LogP) is 5.43. The Kier molecular flexibility index (Phi) is 5.20. The van der Waals surface area contributed by atoms with Gasteiger partial charge in [-0.25, -0.2) is 4.39 Å². The zero-order chi connectivity index (χ0) is 21.3. The van der Waals surface area contributed by atoms with E-state index >= 15 is 0 Å². The van der Waals surface area contributed by atoms with Crippen molar-refractivity contribution in [2.45, 2.75) is 6.92 Å². The van der Waals surface area contributed by atoms with Crippen LogP contribution >= 0.6 is 11.6 Å². The molecule has 4 rings (SSSR count). The van der Waals surface area contributed by atoms with Gasteiger partial charge >= 0.3 is 0 Å². The quantitative estimate of drug-likeness (QED) is 0.458. The van der Waals surface area contributed by atoms with Crippen molar-refractivity contribution in [2.24, 2.45) is 0 Å². The van der Waals surface area contributed by atoms with Crippen LogP contribution < -0.4 is 10.6 Å². The first-order valence-electron chi connectivity index (χ1n) is 8.95. The molecule has 4 aromatic rings. The molecule has 0 atom stereocenters. The number of benzene rings is 2. The van der Waals surface area contributed by atoms with Crippen LogP contribution in [-0.2, 0) is 0 Å². The maximum atomic E-state index is 13.8. The highest BCUT2D eigenvalue weighted by atomic mass is 35.5. The summed E-state index contributed by atoms with van der Waals surface area (Å²) in [6, 6.07) is 13.7. The van der Waals surface area contributed by atoms with Crippen molar-refractivity contribution in [3.05, 3.63) is 88.7 Å². The number of hydrogen-bond acceptors (Lipinski definition) is 4. The van der Waals surface area contributed by atoms with Crippen molar-refractivity contribution < 1.29 is 18.4 Å². The van der Waals surface area contributed by atoms with Crippen molar-refractivity contribution >= 4 is 45.8 Å². The van der Waals surface area contributed by atoms with Gasteiger partial charge in [-0.1, -0.05) is 29.8 Å². The van der Waals surface area contributed by atoms with E-state index < -0.39 is 17.6 Å². The monoisotopic (exact) mass is 423 g/mol. The molecule has 0 saturated heterocycles. The van der Waals surface area contributed by atoms with E-state index in [2.05, 4.69) is 15.6 Å². The van der Waals surface area contributed by atoms with Crippen molar-refractivity contribution in [1.82, 2.24) is 4.98 Å². The molecule has 2 aromatic carbocycles. The van der Waals surface area contributed by atoms with Crippen LogP contribution in [0.4, 0.5) is 15.8 Å². The maximum Gasteiger partial charge on any atom is 0.291 e. The van der Waals surface area contributed by atoms with Gasteiger partial charge in [0.05, 0.1) is 16.4 Å². The molecule has 8 heteroatoms. The molecule has 0 unspecified atom stereocenters. The first-order valence-corrected chi connectivity index (χ1v) is 9.32. The zero-order valence-corrected chi connectivity index (χ0v) is 16.5. The second-order valence-electron chi connectivity index (χ2n) is 6.49. The average Bonchev–Trinajstić information content (AvgIpc) is 3.09. The van der Waals surface area contributed by atoms with Gasteiger partial charge in [-0.15, -0.1) is 0 Å². The summed E-state index contributed by atoms with van der Waals surface area (Å²) in [5.74, 6) is -1.63.